The second-order valence-electron chi connectivity index (χ2n) is 2.29. The number of carboxylic acid groups (broad SMARTS) is 1. The van der Waals surface area contributed by atoms with Crippen molar-refractivity contribution in [2.75, 3.05) is 6.66 Å². The summed E-state index contributed by atoms with van der Waals surface area (Å²) in [4.78, 5) is 29.3. The number of hydrogen-bond donors (Lipinski definition) is 3. The Morgan fingerprint density at radius 1 is 1.42 bits per heavy atom. The third kappa shape index (κ3) is 3.61. The van der Waals surface area contributed by atoms with E-state index in [0.717, 1.165) is 13.6 Å². The molecule has 0 rings (SSSR count). The van der Waals surface area contributed by atoms with Crippen LogP contribution in [0.5, 0.6) is 0 Å². The Morgan fingerprint density at radius 2 is 1.75 bits per heavy atom. The molecule has 0 radical (unpaired) electrons. The van der Waals surface area contributed by atoms with Crippen molar-refractivity contribution in [2.45, 2.75) is 12.6 Å². The first-order valence-electron chi connectivity index (χ1n) is 2.84. The fourth-order valence-electron chi connectivity index (χ4n) is 0.396. The standard InChI is InChI=1S/C5H9O5P.H3N/c1-3(11(2,9)10)4(6)5(7)8;/h3H,1-2H3,(H,7,8)(H,9,10);1H3. The van der Waals surface area contributed by atoms with Crippen LogP contribution in [0.25, 0.3) is 0 Å². The molecule has 0 aliphatic carbocycles. The van der Waals surface area contributed by atoms with Gasteiger partial charge in [0.1, 0.15) is 5.66 Å². The third-order valence-corrected chi connectivity index (χ3v) is 2.98. The van der Waals surface area contributed by atoms with Gasteiger partial charge < -0.3 is 16.2 Å². The van der Waals surface area contributed by atoms with Crippen LogP contribution >= 0.6 is 7.37 Å². The lowest BCUT2D eigenvalue weighted by Crippen LogP contribution is -2.25. The molecule has 0 aromatic carbocycles. The Balaban J connectivity index is 0. The molecule has 0 aromatic rings. The molecule has 12 heavy (non-hydrogen) atoms. The van der Waals surface area contributed by atoms with Gasteiger partial charge in [0.15, 0.2) is 0 Å². The Kier molecular flexibility index (Phi) is 5.02. The van der Waals surface area contributed by atoms with E-state index in [4.69, 9.17) is 10.00 Å². The first-order valence-corrected chi connectivity index (χ1v) is 5.01. The summed E-state index contributed by atoms with van der Waals surface area (Å²) in [6, 6.07) is 0. The van der Waals surface area contributed by atoms with Crippen molar-refractivity contribution >= 4 is 19.1 Å². The molecule has 0 amide bonds. The van der Waals surface area contributed by atoms with Crippen LogP contribution in [0.4, 0.5) is 0 Å². The highest BCUT2D eigenvalue weighted by Crippen LogP contribution is 2.41. The monoisotopic (exact) mass is 197 g/mol. The van der Waals surface area contributed by atoms with Gasteiger partial charge in [-0.05, 0) is 6.92 Å². The molecule has 2 unspecified atom stereocenters. The minimum Gasteiger partial charge on any atom is -0.475 e. The minimum absolute atomic E-state index is 0. The summed E-state index contributed by atoms with van der Waals surface area (Å²) in [6.07, 6.45) is 0. The molecule has 2 atom stereocenters. The topological polar surface area (TPSA) is 127 Å². The summed E-state index contributed by atoms with van der Waals surface area (Å²) in [6.45, 7) is 2.08. The first-order chi connectivity index (χ1) is 4.76. The first kappa shape index (κ1) is 13.9. The molecule has 0 saturated carbocycles. The van der Waals surface area contributed by atoms with Crippen LogP contribution in [0.1, 0.15) is 6.92 Å². The highest BCUT2D eigenvalue weighted by molar-refractivity contribution is 7.59. The lowest BCUT2D eigenvalue weighted by atomic mass is 10.3. The maximum atomic E-state index is 10.7. The molecule has 0 aliphatic heterocycles. The van der Waals surface area contributed by atoms with Gasteiger partial charge in [0.2, 0.25) is 7.37 Å². The Morgan fingerprint density at radius 3 is 1.83 bits per heavy atom. The van der Waals surface area contributed by atoms with Crippen molar-refractivity contribution < 1.29 is 24.2 Å². The number of rotatable bonds is 3. The fourth-order valence-corrected chi connectivity index (χ4v) is 0.942. The van der Waals surface area contributed by atoms with E-state index in [2.05, 4.69) is 0 Å². The molecular weight excluding hydrogens is 185 g/mol. The molecular formula is C5H12NO5P. The largest absolute Gasteiger partial charge is 0.475 e. The van der Waals surface area contributed by atoms with Gasteiger partial charge in [-0.3, -0.25) is 9.36 Å². The Bertz CT molecular complexity index is 232. The van der Waals surface area contributed by atoms with Crippen molar-refractivity contribution in [3.8, 4) is 0 Å². The Labute approximate surface area is 69.6 Å². The van der Waals surface area contributed by atoms with Gasteiger partial charge in [0.25, 0.3) is 5.78 Å². The van der Waals surface area contributed by atoms with Crippen molar-refractivity contribution in [2.24, 2.45) is 0 Å². The molecule has 0 saturated heterocycles. The zero-order valence-electron chi connectivity index (χ0n) is 6.85. The fraction of sp³-hybridized carbons (Fsp3) is 0.600. The van der Waals surface area contributed by atoms with Crippen LogP contribution < -0.4 is 6.15 Å². The zero-order valence-corrected chi connectivity index (χ0v) is 7.75. The Hall–Kier alpha value is -0.710. The summed E-state index contributed by atoms with van der Waals surface area (Å²) in [5.74, 6) is -2.90. The minimum atomic E-state index is -3.60. The van der Waals surface area contributed by atoms with Gasteiger partial charge >= 0.3 is 5.97 Å². The number of carbonyl (C=O) groups is 2. The molecule has 72 valence electrons. The molecule has 7 heteroatoms. The summed E-state index contributed by atoms with van der Waals surface area (Å²) in [5, 5.41) is 8.13. The second kappa shape index (κ2) is 4.35. The molecule has 6 nitrogen and oxygen atoms in total. The third-order valence-electron chi connectivity index (χ3n) is 1.31. The molecule has 0 spiro atoms. The number of Topliss-reactive ketones (excluding diaryl/α,β-unsaturated/α-hetero) is 1. The number of ketones is 1. The smallest absolute Gasteiger partial charge is 0.373 e. The number of aliphatic carboxylic acids is 1. The molecule has 0 aromatic heterocycles. The zero-order chi connectivity index (χ0) is 9.23. The van der Waals surface area contributed by atoms with E-state index >= 15 is 0 Å². The SMILES string of the molecule is CC(C(=O)C(=O)O)P(C)(=O)O.N. The van der Waals surface area contributed by atoms with Crippen molar-refractivity contribution in [1.29, 1.82) is 0 Å². The van der Waals surface area contributed by atoms with Gasteiger partial charge in [-0.15, -0.1) is 0 Å². The predicted molar refractivity (Wildman–Crippen MR) is 42.9 cm³/mol. The summed E-state index contributed by atoms with van der Waals surface area (Å²) in [5.41, 5.74) is -1.32. The summed E-state index contributed by atoms with van der Waals surface area (Å²) >= 11 is 0. The highest BCUT2D eigenvalue weighted by atomic mass is 31.2. The number of hydrogen-bond acceptors (Lipinski definition) is 4. The highest BCUT2D eigenvalue weighted by Gasteiger charge is 2.32. The van der Waals surface area contributed by atoms with Crippen molar-refractivity contribution in [3.05, 3.63) is 0 Å². The van der Waals surface area contributed by atoms with Crippen molar-refractivity contribution in [3.63, 3.8) is 0 Å². The van der Waals surface area contributed by atoms with E-state index in [9.17, 15) is 14.2 Å². The lowest BCUT2D eigenvalue weighted by Gasteiger charge is -2.10. The van der Waals surface area contributed by atoms with Crippen LogP contribution in [0.15, 0.2) is 0 Å². The maximum absolute atomic E-state index is 10.7. The average molecular weight is 197 g/mol. The van der Waals surface area contributed by atoms with E-state index in [1.54, 1.807) is 0 Å². The van der Waals surface area contributed by atoms with E-state index < -0.39 is 24.8 Å². The normalized spacial score (nSPS) is 16.9. The second-order valence-corrected chi connectivity index (χ2v) is 4.95. The van der Waals surface area contributed by atoms with Gasteiger partial charge in [0.05, 0.1) is 0 Å². The number of carbonyl (C=O) groups excluding carboxylic acids is 1. The molecule has 0 fully saturated rings. The summed E-state index contributed by atoms with van der Waals surface area (Å²) < 4.78 is 10.7. The van der Waals surface area contributed by atoms with Crippen LogP contribution in [0.2, 0.25) is 0 Å². The molecule has 0 bridgehead atoms. The van der Waals surface area contributed by atoms with E-state index in [1.165, 1.54) is 0 Å². The van der Waals surface area contributed by atoms with Crippen LogP contribution in [-0.2, 0) is 14.2 Å². The van der Waals surface area contributed by atoms with Crippen LogP contribution in [0.3, 0.4) is 0 Å². The molecule has 0 heterocycles. The van der Waals surface area contributed by atoms with Crippen LogP contribution in [0, 0.1) is 0 Å². The van der Waals surface area contributed by atoms with Gasteiger partial charge in [-0.1, -0.05) is 0 Å². The summed E-state index contributed by atoms with van der Waals surface area (Å²) in [7, 11) is -3.60. The average Bonchev–Trinajstić information content (AvgIpc) is 1.82. The van der Waals surface area contributed by atoms with Gasteiger partial charge in [-0.25, -0.2) is 4.79 Å². The quantitative estimate of drug-likeness (QED) is 0.434. The predicted octanol–water partition coefficient (Wildman–Crippen LogP) is 0.0908. The van der Waals surface area contributed by atoms with Crippen LogP contribution in [-0.4, -0.2) is 34.1 Å². The molecule has 0 aliphatic rings. The van der Waals surface area contributed by atoms with E-state index in [1.807, 2.05) is 0 Å². The lowest BCUT2D eigenvalue weighted by molar-refractivity contribution is -0.148. The number of carboxylic acids is 1. The van der Waals surface area contributed by atoms with E-state index in [0.29, 0.717) is 0 Å². The molecule has 5 N–H and O–H groups in total. The van der Waals surface area contributed by atoms with E-state index in [-0.39, 0.29) is 6.15 Å². The van der Waals surface area contributed by atoms with Crippen molar-refractivity contribution in [1.82, 2.24) is 6.15 Å². The maximum Gasteiger partial charge on any atom is 0.373 e. The van der Waals surface area contributed by atoms with Gasteiger partial charge in [-0.2, -0.15) is 0 Å². The van der Waals surface area contributed by atoms with Gasteiger partial charge in [0, 0.05) is 6.66 Å².